The van der Waals surface area contributed by atoms with Gasteiger partial charge in [0.05, 0.1) is 23.7 Å². The summed E-state index contributed by atoms with van der Waals surface area (Å²) in [5.41, 5.74) is -0.245. The molecule has 1 heterocycles. The van der Waals surface area contributed by atoms with E-state index < -0.39 is 17.5 Å². The normalized spacial score (nSPS) is 11.2. The average molecular weight is 279 g/mol. The van der Waals surface area contributed by atoms with Gasteiger partial charge in [-0.2, -0.15) is 18.2 Å². The zero-order chi connectivity index (χ0) is 14.5. The second-order valence-electron chi connectivity index (χ2n) is 3.62. The van der Waals surface area contributed by atoms with E-state index in [1.165, 1.54) is 13.1 Å². The number of rotatable bonds is 6. The van der Waals surface area contributed by atoms with Crippen LogP contribution in [0.3, 0.4) is 0 Å². The lowest BCUT2D eigenvalue weighted by Gasteiger charge is -2.08. The Hall–Kier alpha value is -2.06. The molecule has 6 nitrogen and oxygen atoms in total. The Bertz CT molecular complexity index is 451. The smallest absolute Gasteiger partial charge is 0.389 e. The topological polar surface area (TPSA) is 77.3 Å². The number of ether oxygens (including phenoxy) is 1. The molecule has 0 saturated heterocycles. The van der Waals surface area contributed by atoms with Crippen molar-refractivity contribution in [1.82, 2.24) is 4.98 Å². The number of alkyl halides is 3. The molecule has 1 aromatic rings. The molecule has 106 valence electrons. The van der Waals surface area contributed by atoms with Crippen LogP contribution in [-0.2, 0) is 0 Å². The average Bonchev–Trinajstić information content (AvgIpc) is 2.33. The molecule has 0 aromatic carbocycles. The van der Waals surface area contributed by atoms with Gasteiger partial charge in [-0.15, -0.1) is 0 Å². The molecule has 0 spiro atoms. The van der Waals surface area contributed by atoms with Crippen LogP contribution in [0, 0.1) is 10.1 Å². The van der Waals surface area contributed by atoms with Gasteiger partial charge in [0.25, 0.3) is 5.69 Å². The third kappa shape index (κ3) is 5.40. The maximum absolute atomic E-state index is 11.9. The van der Waals surface area contributed by atoms with Crippen LogP contribution in [0.2, 0.25) is 0 Å². The first-order valence-corrected chi connectivity index (χ1v) is 5.35. The third-order valence-corrected chi connectivity index (χ3v) is 2.11. The summed E-state index contributed by atoms with van der Waals surface area (Å²) in [6.45, 7) is -0.211. The molecule has 19 heavy (non-hydrogen) atoms. The summed E-state index contributed by atoms with van der Waals surface area (Å²) >= 11 is 0. The van der Waals surface area contributed by atoms with Gasteiger partial charge in [0.15, 0.2) is 0 Å². The van der Waals surface area contributed by atoms with E-state index in [-0.39, 0.29) is 30.4 Å². The summed E-state index contributed by atoms with van der Waals surface area (Å²) in [5, 5.41) is 13.2. The zero-order valence-corrected chi connectivity index (χ0v) is 10.0. The standard InChI is InChI=1S/C10H12F3N3O3/c1-14-8-5-7(16(17)18)6-9(15-8)19-4-2-3-10(11,12)13/h5-6H,2-4H2,1H3,(H,14,15). The number of nitro groups is 1. The number of aromatic nitrogens is 1. The van der Waals surface area contributed by atoms with E-state index in [9.17, 15) is 23.3 Å². The van der Waals surface area contributed by atoms with Crippen molar-refractivity contribution in [3.05, 3.63) is 22.2 Å². The quantitative estimate of drug-likeness (QED) is 0.492. The van der Waals surface area contributed by atoms with Crippen molar-refractivity contribution >= 4 is 11.5 Å². The molecular weight excluding hydrogens is 267 g/mol. The van der Waals surface area contributed by atoms with Crippen LogP contribution in [0.4, 0.5) is 24.7 Å². The van der Waals surface area contributed by atoms with E-state index in [0.29, 0.717) is 0 Å². The van der Waals surface area contributed by atoms with Gasteiger partial charge in [0, 0.05) is 13.5 Å². The molecule has 0 radical (unpaired) electrons. The Morgan fingerprint density at radius 3 is 2.68 bits per heavy atom. The molecular formula is C10H12F3N3O3. The molecule has 0 aliphatic carbocycles. The number of nitrogens with zero attached hydrogens (tertiary/aromatic N) is 2. The minimum Gasteiger partial charge on any atom is -0.477 e. The first-order valence-electron chi connectivity index (χ1n) is 5.35. The molecule has 0 saturated carbocycles. The Balaban J connectivity index is 2.62. The highest BCUT2D eigenvalue weighted by molar-refractivity contribution is 5.47. The molecule has 0 unspecified atom stereocenters. The van der Waals surface area contributed by atoms with Gasteiger partial charge in [0.2, 0.25) is 5.88 Å². The van der Waals surface area contributed by atoms with Gasteiger partial charge in [-0.05, 0) is 6.42 Å². The minimum atomic E-state index is -4.24. The van der Waals surface area contributed by atoms with Crippen LogP contribution in [0.15, 0.2) is 12.1 Å². The molecule has 0 bridgehead atoms. The van der Waals surface area contributed by atoms with E-state index in [1.807, 2.05) is 0 Å². The van der Waals surface area contributed by atoms with Crippen molar-refractivity contribution in [3.63, 3.8) is 0 Å². The van der Waals surface area contributed by atoms with Crippen LogP contribution < -0.4 is 10.1 Å². The van der Waals surface area contributed by atoms with Crippen LogP contribution in [-0.4, -0.2) is 29.7 Å². The highest BCUT2D eigenvalue weighted by Gasteiger charge is 2.26. The number of hydrogen-bond acceptors (Lipinski definition) is 5. The monoisotopic (exact) mass is 279 g/mol. The van der Waals surface area contributed by atoms with Crippen molar-refractivity contribution in [2.45, 2.75) is 19.0 Å². The fraction of sp³-hybridized carbons (Fsp3) is 0.500. The lowest BCUT2D eigenvalue weighted by molar-refractivity contribution is -0.384. The SMILES string of the molecule is CNc1cc([N+](=O)[O-])cc(OCCCC(F)(F)F)n1. The summed E-state index contributed by atoms with van der Waals surface area (Å²) in [4.78, 5) is 13.8. The number of anilines is 1. The fourth-order valence-corrected chi connectivity index (χ4v) is 1.25. The number of halogens is 3. The molecule has 0 aliphatic rings. The van der Waals surface area contributed by atoms with Gasteiger partial charge < -0.3 is 10.1 Å². The van der Waals surface area contributed by atoms with Gasteiger partial charge >= 0.3 is 6.18 Å². The van der Waals surface area contributed by atoms with Crippen LogP contribution in [0.1, 0.15) is 12.8 Å². The van der Waals surface area contributed by atoms with Crippen LogP contribution >= 0.6 is 0 Å². The Kier molecular flexibility index (Phi) is 4.90. The summed E-state index contributed by atoms with van der Waals surface area (Å²) in [6, 6.07) is 2.26. The third-order valence-electron chi connectivity index (χ3n) is 2.11. The maximum Gasteiger partial charge on any atom is 0.389 e. The predicted octanol–water partition coefficient (Wildman–Crippen LogP) is 2.75. The van der Waals surface area contributed by atoms with Crippen molar-refractivity contribution in [3.8, 4) is 5.88 Å². The van der Waals surface area contributed by atoms with E-state index >= 15 is 0 Å². The van der Waals surface area contributed by atoms with E-state index in [1.54, 1.807) is 0 Å². The van der Waals surface area contributed by atoms with Crippen molar-refractivity contribution in [2.75, 3.05) is 19.0 Å². The summed E-state index contributed by atoms with van der Waals surface area (Å²) in [5.74, 6) is 0.126. The number of nitrogens with one attached hydrogen (secondary N) is 1. The maximum atomic E-state index is 11.9. The van der Waals surface area contributed by atoms with Crippen LogP contribution in [0.25, 0.3) is 0 Å². The number of hydrogen-bond donors (Lipinski definition) is 1. The lowest BCUT2D eigenvalue weighted by Crippen LogP contribution is -2.10. The number of pyridine rings is 1. The summed E-state index contributed by atoms with van der Waals surface area (Å²) in [7, 11) is 1.51. The van der Waals surface area contributed by atoms with E-state index in [0.717, 1.165) is 6.07 Å². The van der Waals surface area contributed by atoms with Crippen LogP contribution in [0.5, 0.6) is 5.88 Å². The lowest BCUT2D eigenvalue weighted by atomic mass is 10.3. The highest BCUT2D eigenvalue weighted by Crippen LogP contribution is 2.23. The summed E-state index contributed by atoms with van der Waals surface area (Å²) < 4.78 is 40.7. The molecule has 9 heteroatoms. The Labute approximate surface area is 106 Å². The summed E-state index contributed by atoms with van der Waals surface area (Å²) in [6.07, 6.45) is -5.45. The van der Waals surface area contributed by atoms with E-state index in [4.69, 9.17) is 4.74 Å². The van der Waals surface area contributed by atoms with Gasteiger partial charge in [-0.25, -0.2) is 0 Å². The largest absolute Gasteiger partial charge is 0.477 e. The molecule has 0 atom stereocenters. The molecule has 1 rings (SSSR count). The molecule has 0 aliphatic heterocycles. The molecule has 1 N–H and O–H groups in total. The second-order valence-corrected chi connectivity index (χ2v) is 3.62. The Morgan fingerprint density at radius 2 is 2.16 bits per heavy atom. The minimum absolute atomic E-state index is 0.0827. The molecule has 0 amide bonds. The van der Waals surface area contributed by atoms with Gasteiger partial charge in [0.1, 0.15) is 5.82 Å². The van der Waals surface area contributed by atoms with Crippen molar-refractivity contribution in [2.24, 2.45) is 0 Å². The van der Waals surface area contributed by atoms with Crippen molar-refractivity contribution < 1.29 is 22.8 Å². The highest BCUT2D eigenvalue weighted by atomic mass is 19.4. The Morgan fingerprint density at radius 1 is 1.47 bits per heavy atom. The second kappa shape index (κ2) is 6.21. The fourth-order valence-electron chi connectivity index (χ4n) is 1.25. The van der Waals surface area contributed by atoms with Crippen molar-refractivity contribution in [1.29, 1.82) is 0 Å². The molecule has 0 fully saturated rings. The first kappa shape index (κ1) is 15.0. The van der Waals surface area contributed by atoms with E-state index in [2.05, 4.69) is 10.3 Å². The first-order chi connectivity index (χ1) is 8.81. The zero-order valence-electron chi connectivity index (χ0n) is 10.0. The van der Waals surface area contributed by atoms with Gasteiger partial charge in [-0.3, -0.25) is 10.1 Å². The predicted molar refractivity (Wildman–Crippen MR) is 61.2 cm³/mol. The molecule has 1 aromatic heterocycles. The van der Waals surface area contributed by atoms with Gasteiger partial charge in [-0.1, -0.05) is 0 Å².